The summed E-state index contributed by atoms with van der Waals surface area (Å²) in [6.07, 6.45) is 1.13. The minimum atomic E-state index is 0.520. The van der Waals surface area contributed by atoms with Crippen molar-refractivity contribution < 1.29 is 4.42 Å². The molecule has 1 N–H and O–H groups in total. The fourth-order valence-electron chi connectivity index (χ4n) is 2.44. The highest BCUT2D eigenvalue weighted by Crippen LogP contribution is 2.26. The molecule has 5 nitrogen and oxygen atoms in total. The highest BCUT2D eigenvalue weighted by molar-refractivity contribution is 7.98. The van der Waals surface area contributed by atoms with E-state index in [0.29, 0.717) is 22.4 Å². The standard InChI is InChI=1S/C20H20N4OS/c1-2-10-22-13-15-6-8-18(9-7-15)19-23-24-20(25-19)26-14-17-5-3-4-16(11-17)12-21/h3-9,11,22H,2,10,13-14H2,1H3. The van der Waals surface area contributed by atoms with Crippen LogP contribution in [0.15, 0.2) is 58.2 Å². The Bertz CT molecular complexity index is 883. The van der Waals surface area contributed by atoms with Gasteiger partial charge in [-0.2, -0.15) is 5.26 Å². The molecule has 26 heavy (non-hydrogen) atoms. The molecule has 2 aromatic carbocycles. The first kappa shape index (κ1) is 18.2. The van der Waals surface area contributed by atoms with E-state index in [2.05, 4.69) is 40.6 Å². The SMILES string of the molecule is CCCNCc1ccc(-c2nnc(SCc3cccc(C#N)c3)o2)cc1. The molecule has 0 bridgehead atoms. The normalized spacial score (nSPS) is 10.6. The number of hydrogen-bond donors (Lipinski definition) is 1. The number of rotatable bonds is 8. The van der Waals surface area contributed by atoms with Gasteiger partial charge in [0.1, 0.15) is 0 Å². The van der Waals surface area contributed by atoms with Crippen molar-refractivity contribution >= 4 is 11.8 Å². The van der Waals surface area contributed by atoms with Crippen LogP contribution in [0.3, 0.4) is 0 Å². The van der Waals surface area contributed by atoms with Gasteiger partial charge >= 0.3 is 0 Å². The molecule has 0 saturated heterocycles. The topological polar surface area (TPSA) is 74.7 Å². The van der Waals surface area contributed by atoms with Crippen molar-refractivity contribution in [2.75, 3.05) is 6.54 Å². The van der Waals surface area contributed by atoms with Crippen molar-refractivity contribution in [1.82, 2.24) is 15.5 Å². The Morgan fingerprint density at radius 3 is 2.73 bits per heavy atom. The largest absolute Gasteiger partial charge is 0.411 e. The summed E-state index contributed by atoms with van der Waals surface area (Å²) in [6, 6.07) is 17.8. The van der Waals surface area contributed by atoms with Gasteiger partial charge in [-0.3, -0.25) is 0 Å². The Hall–Kier alpha value is -2.62. The van der Waals surface area contributed by atoms with E-state index in [-0.39, 0.29) is 0 Å². The van der Waals surface area contributed by atoms with Crippen LogP contribution < -0.4 is 5.32 Å². The third-order valence-corrected chi connectivity index (χ3v) is 4.67. The molecule has 0 amide bonds. The lowest BCUT2D eigenvalue weighted by atomic mass is 10.1. The van der Waals surface area contributed by atoms with Gasteiger partial charge in [-0.1, -0.05) is 43.0 Å². The van der Waals surface area contributed by atoms with Crippen LogP contribution in [0.25, 0.3) is 11.5 Å². The van der Waals surface area contributed by atoms with Crippen LogP contribution in [-0.2, 0) is 12.3 Å². The Balaban J connectivity index is 1.59. The lowest BCUT2D eigenvalue weighted by Gasteiger charge is -2.03. The van der Waals surface area contributed by atoms with Crippen LogP contribution >= 0.6 is 11.8 Å². The Morgan fingerprint density at radius 2 is 1.96 bits per heavy atom. The molecule has 0 aliphatic heterocycles. The zero-order valence-electron chi connectivity index (χ0n) is 14.6. The fourth-order valence-corrected chi connectivity index (χ4v) is 3.14. The maximum absolute atomic E-state index is 8.95. The van der Waals surface area contributed by atoms with E-state index in [0.717, 1.165) is 30.6 Å². The zero-order chi connectivity index (χ0) is 18.2. The second-order valence-electron chi connectivity index (χ2n) is 5.85. The summed E-state index contributed by atoms with van der Waals surface area (Å²) in [6.45, 7) is 4.03. The molecule has 1 heterocycles. The third kappa shape index (κ3) is 4.94. The summed E-state index contributed by atoms with van der Waals surface area (Å²) in [7, 11) is 0. The van der Waals surface area contributed by atoms with Crippen LogP contribution in [0.5, 0.6) is 0 Å². The van der Waals surface area contributed by atoms with Crippen LogP contribution in [0.2, 0.25) is 0 Å². The number of benzene rings is 2. The summed E-state index contributed by atoms with van der Waals surface area (Å²) < 4.78 is 5.75. The van der Waals surface area contributed by atoms with Crippen molar-refractivity contribution in [2.45, 2.75) is 30.9 Å². The number of aromatic nitrogens is 2. The van der Waals surface area contributed by atoms with E-state index in [4.69, 9.17) is 9.68 Å². The van der Waals surface area contributed by atoms with Crippen molar-refractivity contribution in [3.63, 3.8) is 0 Å². The predicted molar refractivity (Wildman–Crippen MR) is 102 cm³/mol. The van der Waals surface area contributed by atoms with Crippen LogP contribution in [-0.4, -0.2) is 16.7 Å². The minimum Gasteiger partial charge on any atom is -0.411 e. The van der Waals surface area contributed by atoms with Crippen molar-refractivity contribution in [3.05, 3.63) is 65.2 Å². The molecule has 0 aliphatic rings. The molecule has 132 valence electrons. The molecular formula is C20H20N4OS. The predicted octanol–water partition coefficient (Wildman–Crippen LogP) is 4.40. The summed E-state index contributed by atoms with van der Waals surface area (Å²) in [5.74, 6) is 1.20. The fraction of sp³-hybridized carbons (Fsp3) is 0.250. The lowest BCUT2D eigenvalue weighted by molar-refractivity contribution is 0.466. The van der Waals surface area contributed by atoms with Gasteiger partial charge in [0.25, 0.3) is 5.22 Å². The summed E-state index contributed by atoms with van der Waals surface area (Å²) >= 11 is 1.47. The third-order valence-electron chi connectivity index (χ3n) is 3.78. The molecule has 0 saturated carbocycles. The summed E-state index contributed by atoms with van der Waals surface area (Å²) in [5.41, 5.74) is 3.85. The average molecular weight is 364 g/mol. The van der Waals surface area contributed by atoms with E-state index in [1.165, 1.54) is 17.3 Å². The molecule has 1 aromatic heterocycles. The second kappa shape index (κ2) is 9.18. The second-order valence-corrected chi connectivity index (χ2v) is 6.77. The van der Waals surface area contributed by atoms with Crippen LogP contribution in [0.1, 0.15) is 30.0 Å². The molecule has 0 radical (unpaired) electrons. The van der Waals surface area contributed by atoms with Crippen LogP contribution in [0, 0.1) is 11.3 Å². The maximum atomic E-state index is 8.95. The highest BCUT2D eigenvalue weighted by Gasteiger charge is 2.09. The van der Waals surface area contributed by atoms with E-state index in [9.17, 15) is 0 Å². The van der Waals surface area contributed by atoms with Gasteiger partial charge < -0.3 is 9.73 Å². The number of nitrogens with zero attached hydrogens (tertiary/aromatic N) is 3. The molecule has 3 aromatic rings. The smallest absolute Gasteiger partial charge is 0.277 e. The van der Waals surface area contributed by atoms with Crippen molar-refractivity contribution in [3.8, 4) is 17.5 Å². The number of thioether (sulfide) groups is 1. The van der Waals surface area contributed by atoms with E-state index in [1.54, 1.807) is 6.07 Å². The van der Waals surface area contributed by atoms with Gasteiger partial charge in [0.05, 0.1) is 11.6 Å². The maximum Gasteiger partial charge on any atom is 0.277 e. The molecule has 6 heteroatoms. The van der Waals surface area contributed by atoms with Gasteiger partial charge in [0, 0.05) is 17.9 Å². The molecule has 0 spiro atoms. The quantitative estimate of drug-likeness (QED) is 0.472. The molecule has 0 fully saturated rings. The summed E-state index contributed by atoms with van der Waals surface area (Å²) in [4.78, 5) is 0. The first-order valence-corrected chi connectivity index (χ1v) is 9.52. The molecular weight excluding hydrogens is 344 g/mol. The number of nitrogens with one attached hydrogen (secondary N) is 1. The van der Waals surface area contributed by atoms with Crippen molar-refractivity contribution in [1.29, 1.82) is 5.26 Å². The molecule has 0 aliphatic carbocycles. The highest BCUT2D eigenvalue weighted by atomic mass is 32.2. The average Bonchev–Trinajstić information content (AvgIpc) is 3.16. The van der Waals surface area contributed by atoms with E-state index in [1.807, 2.05) is 30.3 Å². The Morgan fingerprint density at radius 1 is 1.12 bits per heavy atom. The van der Waals surface area contributed by atoms with Gasteiger partial charge in [-0.15, -0.1) is 10.2 Å². The number of nitriles is 1. The minimum absolute atomic E-state index is 0.520. The molecule has 3 rings (SSSR count). The van der Waals surface area contributed by atoms with Gasteiger partial charge in [-0.05, 0) is 48.4 Å². The van der Waals surface area contributed by atoms with Gasteiger partial charge in [0.15, 0.2) is 0 Å². The first-order chi connectivity index (χ1) is 12.8. The zero-order valence-corrected chi connectivity index (χ0v) is 15.4. The Kier molecular flexibility index (Phi) is 6.42. The monoisotopic (exact) mass is 364 g/mol. The Labute approximate surface area is 157 Å². The van der Waals surface area contributed by atoms with Gasteiger partial charge in [-0.25, -0.2) is 0 Å². The summed E-state index contributed by atoms with van der Waals surface area (Å²) in [5, 5.41) is 21.1. The first-order valence-electron chi connectivity index (χ1n) is 8.54. The van der Waals surface area contributed by atoms with Gasteiger partial charge in [0.2, 0.25) is 5.89 Å². The molecule has 0 unspecified atom stereocenters. The van der Waals surface area contributed by atoms with Crippen molar-refractivity contribution in [2.24, 2.45) is 0 Å². The number of hydrogen-bond acceptors (Lipinski definition) is 6. The van der Waals surface area contributed by atoms with E-state index < -0.39 is 0 Å². The lowest BCUT2D eigenvalue weighted by Crippen LogP contribution is -2.13. The van der Waals surface area contributed by atoms with E-state index >= 15 is 0 Å². The molecule has 0 atom stereocenters. The van der Waals surface area contributed by atoms with Crippen LogP contribution in [0.4, 0.5) is 0 Å².